The summed E-state index contributed by atoms with van der Waals surface area (Å²) in [7, 11) is 0. The average Bonchev–Trinajstić information content (AvgIpc) is 2.98. The summed E-state index contributed by atoms with van der Waals surface area (Å²) in [5.74, 6) is 0.391. The smallest absolute Gasteiger partial charge is 0.199 e. The summed E-state index contributed by atoms with van der Waals surface area (Å²) in [4.78, 5) is 0. The topological polar surface area (TPSA) is 84.7 Å². The molecule has 0 unspecified atom stereocenters. The van der Waals surface area contributed by atoms with Crippen LogP contribution in [0.4, 0.5) is 0 Å². The molecule has 0 fully saturated rings. The van der Waals surface area contributed by atoms with Crippen LogP contribution in [-0.4, -0.2) is 12.8 Å². The Morgan fingerprint density at radius 2 is 1.88 bits per heavy atom. The minimum Gasteiger partial charge on any atom is -0.382 e. The van der Waals surface area contributed by atoms with Gasteiger partial charge in [-0.15, -0.1) is 5.11 Å². The third kappa shape index (κ3) is 1.83. The highest BCUT2D eigenvalue weighted by atomic mass is 16.5. The van der Waals surface area contributed by atoms with E-state index in [0.717, 1.165) is 11.1 Å². The van der Waals surface area contributed by atoms with E-state index in [1.807, 2.05) is 30.3 Å². The van der Waals surface area contributed by atoms with Crippen molar-refractivity contribution >= 4 is 0 Å². The minimum absolute atomic E-state index is 0.359. The van der Waals surface area contributed by atoms with Crippen molar-refractivity contribution in [2.24, 2.45) is 26.2 Å². The first kappa shape index (κ1) is 10.1. The van der Waals surface area contributed by atoms with Crippen LogP contribution in [0.1, 0.15) is 11.8 Å². The maximum Gasteiger partial charge on any atom is 0.199 e. The lowest BCUT2D eigenvalue weighted by Crippen LogP contribution is -2.14. The SMILES string of the molecule is NC1=C([C@H]2N=N[C@@H](c3ccccc3)O2)CN=N1. The van der Waals surface area contributed by atoms with Crippen LogP contribution in [0.3, 0.4) is 0 Å². The summed E-state index contributed by atoms with van der Waals surface area (Å²) in [6.07, 6.45) is -0.808. The molecule has 0 radical (unpaired) electrons. The molecule has 0 aliphatic carbocycles. The van der Waals surface area contributed by atoms with Gasteiger partial charge in [0.05, 0.1) is 6.54 Å². The normalized spacial score (nSPS) is 27.1. The van der Waals surface area contributed by atoms with Gasteiger partial charge < -0.3 is 10.5 Å². The Balaban J connectivity index is 1.76. The zero-order valence-corrected chi connectivity index (χ0v) is 9.02. The Bertz CT molecular complexity index is 508. The molecule has 0 aromatic heterocycles. The van der Waals surface area contributed by atoms with Crippen LogP contribution in [0.5, 0.6) is 0 Å². The first-order valence-corrected chi connectivity index (χ1v) is 5.31. The van der Waals surface area contributed by atoms with Crippen LogP contribution in [0.2, 0.25) is 0 Å². The lowest BCUT2D eigenvalue weighted by Gasteiger charge is -2.10. The van der Waals surface area contributed by atoms with Gasteiger partial charge in [-0.3, -0.25) is 0 Å². The van der Waals surface area contributed by atoms with E-state index in [0.29, 0.717) is 12.4 Å². The second-order valence-corrected chi connectivity index (χ2v) is 3.79. The summed E-state index contributed by atoms with van der Waals surface area (Å²) < 4.78 is 5.71. The van der Waals surface area contributed by atoms with E-state index in [9.17, 15) is 0 Å². The Kier molecular flexibility index (Phi) is 2.41. The van der Waals surface area contributed by atoms with Gasteiger partial charge in [-0.2, -0.15) is 15.3 Å². The number of hydrogen-bond acceptors (Lipinski definition) is 6. The van der Waals surface area contributed by atoms with Gasteiger partial charge in [0.1, 0.15) is 0 Å². The zero-order chi connectivity index (χ0) is 11.7. The maximum absolute atomic E-state index is 5.71. The van der Waals surface area contributed by atoms with Gasteiger partial charge >= 0.3 is 0 Å². The molecule has 2 aliphatic heterocycles. The summed E-state index contributed by atoms with van der Waals surface area (Å²) in [6, 6.07) is 9.73. The van der Waals surface area contributed by atoms with Gasteiger partial charge in [0, 0.05) is 11.1 Å². The molecule has 2 heterocycles. The lowest BCUT2D eigenvalue weighted by molar-refractivity contribution is 0.0531. The third-order valence-electron chi connectivity index (χ3n) is 2.67. The van der Waals surface area contributed by atoms with Crippen molar-refractivity contribution in [3.05, 3.63) is 47.3 Å². The highest BCUT2D eigenvalue weighted by molar-refractivity contribution is 5.22. The lowest BCUT2D eigenvalue weighted by atomic mass is 10.2. The van der Waals surface area contributed by atoms with Crippen molar-refractivity contribution in [3.63, 3.8) is 0 Å². The van der Waals surface area contributed by atoms with Gasteiger partial charge in [0.2, 0.25) is 0 Å². The zero-order valence-electron chi connectivity index (χ0n) is 9.02. The van der Waals surface area contributed by atoms with Gasteiger partial charge in [0.15, 0.2) is 18.3 Å². The minimum atomic E-state index is -0.449. The van der Waals surface area contributed by atoms with E-state index in [1.165, 1.54) is 0 Å². The molecule has 2 aliphatic rings. The molecule has 6 heteroatoms. The molecule has 2 N–H and O–H groups in total. The monoisotopic (exact) mass is 229 g/mol. The van der Waals surface area contributed by atoms with E-state index < -0.39 is 6.23 Å². The fourth-order valence-corrected chi connectivity index (χ4v) is 1.75. The summed E-state index contributed by atoms with van der Waals surface area (Å²) >= 11 is 0. The van der Waals surface area contributed by atoms with Crippen LogP contribution < -0.4 is 5.73 Å². The molecule has 0 spiro atoms. The molecule has 86 valence electrons. The first-order valence-electron chi connectivity index (χ1n) is 5.31. The van der Waals surface area contributed by atoms with Crippen molar-refractivity contribution in [1.29, 1.82) is 0 Å². The standard InChI is InChI=1S/C11H11N5O/c12-9-8(6-13-14-9)11-16-15-10(17-11)7-4-2-1-3-5-7/h1-5,10-11H,6,12H2/t10-,11+/m1/s1. The van der Waals surface area contributed by atoms with E-state index in [4.69, 9.17) is 10.5 Å². The third-order valence-corrected chi connectivity index (χ3v) is 2.67. The number of benzene rings is 1. The van der Waals surface area contributed by atoms with Crippen LogP contribution >= 0.6 is 0 Å². The highest BCUT2D eigenvalue weighted by Gasteiger charge is 2.29. The Hall–Kier alpha value is -2.08. The molecular formula is C11H11N5O. The summed E-state index contributed by atoms with van der Waals surface area (Å²) in [5.41, 5.74) is 7.44. The average molecular weight is 229 g/mol. The molecule has 1 aromatic rings. The van der Waals surface area contributed by atoms with Crippen LogP contribution in [0.25, 0.3) is 0 Å². The predicted molar refractivity (Wildman–Crippen MR) is 59.8 cm³/mol. The quantitative estimate of drug-likeness (QED) is 0.842. The fraction of sp³-hybridized carbons (Fsp3) is 0.273. The van der Waals surface area contributed by atoms with Gasteiger partial charge in [0.25, 0.3) is 0 Å². The molecule has 1 aromatic carbocycles. The number of rotatable bonds is 2. The highest BCUT2D eigenvalue weighted by Crippen LogP contribution is 2.31. The van der Waals surface area contributed by atoms with Gasteiger partial charge in [-0.1, -0.05) is 30.3 Å². The first-order chi connectivity index (χ1) is 8.34. The summed E-state index contributed by atoms with van der Waals surface area (Å²) in [5, 5.41) is 15.8. The molecular weight excluding hydrogens is 218 g/mol. The number of azo groups is 2. The van der Waals surface area contributed by atoms with Gasteiger partial charge in [-0.05, 0) is 0 Å². The predicted octanol–water partition coefficient (Wildman–Crippen LogP) is 2.13. The molecule has 2 atom stereocenters. The second-order valence-electron chi connectivity index (χ2n) is 3.79. The van der Waals surface area contributed by atoms with E-state index in [1.54, 1.807) is 0 Å². The fourth-order valence-electron chi connectivity index (χ4n) is 1.75. The Morgan fingerprint density at radius 3 is 2.59 bits per heavy atom. The van der Waals surface area contributed by atoms with Crippen molar-refractivity contribution in [2.75, 3.05) is 6.54 Å². The Morgan fingerprint density at radius 1 is 1.12 bits per heavy atom. The summed E-state index contributed by atoms with van der Waals surface area (Å²) in [6.45, 7) is 0.441. The molecule has 6 nitrogen and oxygen atoms in total. The molecule has 0 bridgehead atoms. The van der Waals surface area contributed by atoms with E-state index in [2.05, 4.69) is 20.5 Å². The molecule has 0 saturated heterocycles. The van der Waals surface area contributed by atoms with Crippen molar-refractivity contribution in [1.82, 2.24) is 0 Å². The Labute approximate surface area is 97.9 Å². The van der Waals surface area contributed by atoms with Crippen molar-refractivity contribution in [3.8, 4) is 0 Å². The molecule has 17 heavy (non-hydrogen) atoms. The van der Waals surface area contributed by atoms with Crippen molar-refractivity contribution in [2.45, 2.75) is 12.5 Å². The van der Waals surface area contributed by atoms with Crippen molar-refractivity contribution < 1.29 is 4.74 Å². The number of ether oxygens (including phenoxy) is 1. The number of nitrogens with zero attached hydrogens (tertiary/aromatic N) is 4. The van der Waals surface area contributed by atoms with E-state index >= 15 is 0 Å². The van der Waals surface area contributed by atoms with Crippen LogP contribution in [0, 0.1) is 0 Å². The van der Waals surface area contributed by atoms with Crippen LogP contribution in [-0.2, 0) is 4.74 Å². The molecule has 0 saturated carbocycles. The number of hydrogen-bond donors (Lipinski definition) is 1. The van der Waals surface area contributed by atoms with Crippen LogP contribution in [0.15, 0.2) is 62.2 Å². The number of nitrogens with two attached hydrogens (primary N) is 1. The molecule has 0 amide bonds. The molecule has 3 rings (SSSR count). The largest absolute Gasteiger partial charge is 0.382 e. The second kappa shape index (κ2) is 4.06. The van der Waals surface area contributed by atoms with E-state index in [-0.39, 0.29) is 6.23 Å². The van der Waals surface area contributed by atoms with Gasteiger partial charge in [-0.25, -0.2) is 0 Å². The maximum atomic E-state index is 5.71.